The van der Waals surface area contributed by atoms with Crippen molar-refractivity contribution < 1.29 is 32.5 Å². The van der Waals surface area contributed by atoms with E-state index in [9.17, 15) is 23.1 Å². The molecule has 0 aromatic rings. The van der Waals surface area contributed by atoms with E-state index >= 15 is 0 Å². The maximum Gasteiger partial charge on any atom is 0.416 e. The molecular weight excluding hydrogens is 181 g/mol. The molecule has 0 N–H and O–H groups in total. The minimum absolute atomic E-state index is 0.801. The predicted octanol–water partition coefficient (Wildman–Crippen LogP) is -0.322. The number of hydrogen-bond donors (Lipinski definition) is 0. The molecule has 7 heteroatoms. The van der Waals surface area contributed by atoms with Crippen molar-refractivity contribution in [3.05, 3.63) is 0 Å². The Labute approximate surface area is 64.9 Å². The van der Waals surface area contributed by atoms with Crippen molar-refractivity contribution in [3.8, 4) is 0 Å². The molecule has 0 unspecified atom stereocenters. The fourth-order valence-electron chi connectivity index (χ4n) is 0.727. The van der Waals surface area contributed by atoms with Crippen LogP contribution in [0.3, 0.4) is 0 Å². The van der Waals surface area contributed by atoms with Crippen molar-refractivity contribution in [2.75, 3.05) is 13.2 Å². The summed E-state index contributed by atoms with van der Waals surface area (Å²) in [7, 11) is 0. The Morgan fingerprint density at radius 2 is 2.00 bits per heavy atom. The van der Waals surface area contributed by atoms with Crippen LogP contribution in [0.1, 0.15) is 0 Å². The summed E-state index contributed by atoms with van der Waals surface area (Å²) in [6, 6.07) is 0. The number of carboxylic acid groups (broad SMARTS) is 1. The van der Waals surface area contributed by atoms with Gasteiger partial charge in [-0.15, -0.1) is 0 Å². The van der Waals surface area contributed by atoms with Crippen LogP contribution in [-0.2, 0) is 9.47 Å². The van der Waals surface area contributed by atoms with Crippen LogP contribution < -0.4 is 5.11 Å². The lowest BCUT2D eigenvalue weighted by Gasteiger charge is -2.45. The van der Waals surface area contributed by atoms with Crippen LogP contribution in [0.25, 0.3) is 0 Å². The van der Waals surface area contributed by atoms with E-state index in [1.807, 2.05) is 0 Å². The van der Waals surface area contributed by atoms with E-state index in [0.717, 1.165) is 0 Å². The maximum atomic E-state index is 12.0. The van der Waals surface area contributed by atoms with E-state index in [1.54, 1.807) is 0 Å². The van der Waals surface area contributed by atoms with Gasteiger partial charge in [0.1, 0.15) is 0 Å². The molecule has 0 spiro atoms. The zero-order chi connectivity index (χ0) is 9.41. The third-order valence-electron chi connectivity index (χ3n) is 1.47. The first kappa shape index (κ1) is 9.11. The summed E-state index contributed by atoms with van der Waals surface area (Å²) < 4.78 is 43.9. The van der Waals surface area contributed by atoms with Crippen LogP contribution >= 0.6 is 0 Å². The Morgan fingerprint density at radius 3 is 2.08 bits per heavy atom. The molecule has 1 heterocycles. The SMILES string of the molecule is O=C([O-])OC1(C(F)(F)F)COC1. The summed E-state index contributed by atoms with van der Waals surface area (Å²) in [5.41, 5.74) is -2.70. The van der Waals surface area contributed by atoms with Gasteiger partial charge in [0.2, 0.25) is 0 Å². The topological polar surface area (TPSA) is 58.6 Å². The zero-order valence-corrected chi connectivity index (χ0v) is 5.68. The first-order valence-electron chi connectivity index (χ1n) is 2.92. The van der Waals surface area contributed by atoms with Gasteiger partial charge in [0.05, 0.1) is 13.2 Å². The monoisotopic (exact) mass is 185 g/mol. The lowest BCUT2D eigenvalue weighted by atomic mass is 10.0. The number of alkyl halides is 3. The lowest BCUT2D eigenvalue weighted by Crippen LogP contribution is -2.64. The van der Waals surface area contributed by atoms with Gasteiger partial charge in [-0.2, -0.15) is 13.2 Å². The smallest absolute Gasteiger partial charge is 0.416 e. The van der Waals surface area contributed by atoms with Gasteiger partial charge in [0, 0.05) is 0 Å². The highest BCUT2D eigenvalue weighted by molar-refractivity contribution is 5.55. The molecule has 0 saturated carbocycles. The van der Waals surface area contributed by atoms with Gasteiger partial charge in [0.25, 0.3) is 6.16 Å². The Morgan fingerprint density at radius 1 is 1.50 bits per heavy atom. The van der Waals surface area contributed by atoms with Crippen LogP contribution in [0.5, 0.6) is 0 Å². The van der Waals surface area contributed by atoms with E-state index in [2.05, 4.69) is 9.47 Å². The molecule has 1 fully saturated rings. The van der Waals surface area contributed by atoms with Crippen molar-refractivity contribution in [3.63, 3.8) is 0 Å². The maximum absolute atomic E-state index is 12.0. The molecule has 0 atom stereocenters. The Balaban J connectivity index is 2.70. The molecule has 4 nitrogen and oxygen atoms in total. The highest BCUT2D eigenvalue weighted by Gasteiger charge is 2.60. The second kappa shape index (κ2) is 2.51. The molecule has 1 aliphatic rings. The van der Waals surface area contributed by atoms with E-state index < -0.39 is 31.1 Å². The van der Waals surface area contributed by atoms with Crippen molar-refractivity contribution in [2.24, 2.45) is 0 Å². The van der Waals surface area contributed by atoms with Crippen molar-refractivity contribution in [2.45, 2.75) is 11.8 Å². The molecule has 0 aliphatic carbocycles. The van der Waals surface area contributed by atoms with E-state index in [0.29, 0.717) is 0 Å². The largest absolute Gasteiger partial charge is 0.529 e. The first-order chi connectivity index (χ1) is 5.37. The van der Waals surface area contributed by atoms with E-state index in [1.165, 1.54) is 0 Å². The van der Waals surface area contributed by atoms with E-state index in [-0.39, 0.29) is 0 Å². The van der Waals surface area contributed by atoms with Gasteiger partial charge < -0.3 is 19.4 Å². The molecule has 0 aromatic heterocycles. The van der Waals surface area contributed by atoms with Gasteiger partial charge in [-0.1, -0.05) is 0 Å². The number of hydrogen-bond acceptors (Lipinski definition) is 4. The Kier molecular flexibility index (Phi) is 1.91. The molecule has 70 valence electrons. The van der Waals surface area contributed by atoms with Crippen LogP contribution in [-0.4, -0.2) is 31.1 Å². The van der Waals surface area contributed by atoms with Crippen LogP contribution in [0.4, 0.5) is 18.0 Å². The highest BCUT2D eigenvalue weighted by atomic mass is 19.4. The van der Waals surface area contributed by atoms with Gasteiger partial charge in [-0.25, -0.2) is 0 Å². The van der Waals surface area contributed by atoms with Gasteiger partial charge in [-0.05, 0) is 0 Å². The fraction of sp³-hybridized carbons (Fsp3) is 0.800. The highest BCUT2D eigenvalue weighted by Crippen LogP contribution is 2.39. The molecular formula is C5H4F3O4-. The number of carbonyl (C=O) groups excluding carboxylic acids is 1. The summed E-state index contributed by atoms with van der Waals surface area (Å²) in [6.45, 7) is -1.60. The van der Waals surface area contributed by atoms with Gasteiger partial charge in [-0.3, -0.25) is 0 Å². The Hall–Kier alpha value is -0.980. The number of carbonyl (C=O) groups is 1. The van der Waals surface area contributed by atoms with E-state index in [4.69, 9.17) is 0 Å². The third-order valence-corrected chi connectivity index (χ3v) is 1.47. The summed E-state index contributed by atoms with van der Waals surface area (Å²) in [6.07, 6.45) is -6.94. The van der Waals surface area contributed by atoms with Crippen molar-refractivity contribution in [1.82, 2.24) is 0 Å². The normalized spacial score (nSPS) is 21.2. The summed E-state index contributed by atoms with van der Waals surface area (Å²) in [5, 5.41) is 9.77. The lowest BCUT2D eigenvalue weighted by molar-refractivity contribution is -0.372. The van der Waals surface area contributed by atoms with Crippen LogP contribution in [0.15, 0.2) is 0 Å². The number of rotatable bonds is 1. The second-order valence-corrected chi connectivity index (χ2v) is 2.34. The second-order valence-electron chi connectivity index (χ2n) is 2.34. The summed E-state index contributed by atoms with van der Waals surface area (Å²) in [5.74, 6) is 0. The van der Waals surface area contributed by atoms with Crippen LogP contribution in [0.2, 0.25) is 0 Å². The van der Waals surface area contributed by atoms with Crippen molar-refractivity contribution >= 4 is 6.16 Å². The molecule has 1 rings (SSSR count). The molecule has 0 amide bonds. The number of ether oxygens (including phenoxy) is 2. The average Bonchev–Trinajstić information content (AvgIpc) is 1.74. The van der Waals surface area contributed by atoms with Crippen molar-refractivity contribution in [1.29, 1.82) is 0 Å². The summed E-state index contributed by atoms with van der Waals surface area (Å²) >= 11 is 0. The molecule has 1 aliphatic heterocycles. The quantitative estimate of drug-likeness (QED) is 0.525. The molecule has 12 heavy (non-hydrogen) atoms. The first-order valence-corrected chi connectivity index (χ1v) is 2.92. The third kappa shape index (κ3) is 1.31. The molecule has 0 radical (unpaired) electrons. The average molecular weight is 185 g/mol. The minimum Gasteiger partial charge on any atom is -0.529 e. The molecule has 0 aromatic carbocycles. The van der Waals surface area contributed by atoms with Gasteiger partial charge in [0.15, 0.2) is 5.60 Å². The Bertz CT molecular complexity index is 195. The van der Waals surface area contributed by atoms with Gasteiger partial charge >= 0.3 is 6.18 Å². The number of halogens is 3. The summed E-state index contributed by atoms with van der Waals surface area (Å²) in [4.78, 5) is 9.77. The molecule has 0 bridgehead atoms. The molecule has 1 saturated heterocycles. The fourth-order valence-corrected chi connectivity index (χ4v) is 0.727. The van der Waals surface area contributed by atoms with Crippen LogP contribution in [0, 0.1) is 0 Å². The standard InChI is InChI=1S/C5H5F3O4/c6-5(7,8)4(1-11-2-4)12-3(9)10/h1-2H2,(H,9,10)/p-1. The zero-order valence-electron chi connectivity index (χ0n) is 5.68. The minimum atomic E-state index is -4.74. The predicted molar refractivity (Wildman–Crippen MR) is 26.1 cm³/mol.